The van der Waals surface area contributed by atoms with Gasteiger partial charge in [0.25, 0.3) is 0 Å². The number of aliphatic imine (C=N–C) groups is 1. The highest BCUT2D eigenvalue weighted by atomic mass is 32.1. The second kappa shape index (κ2) is 11.4. The molecule has 0 aromatic heterocycles. The van der Waals surface area contributed by atoms with Gasteiger partial charge in [-0.15, -0.1) is 0 Å². The molecule has 7 heteroatoms. The molecule has 1 aliphatic rings. The van der Waals surface area contributed by atoms with Crippen LogP contribution in [0, 0.1) is 0 Å². The first-order chi connectivity index (χ1) is 16.7. The zero-order valence-electron chi connectivity index (χ0n) is 18.5. The summed E-state index contributed by atoms with van der Waals surface area (Å²) in [6.45, 7) is 0.448. The Kier molecular flexibility index (Phi) is 7.81. The largest absolute Gasteiger partial charge is 0.461 e. The number of nitrogens with one attached hydrogen (secondary N) is 1. The maximum absolute atomic E-state index is 12.6. The molecule has 34 heavy (non-hydrogen) atoms. The molecule has 1 aliphatic carbocycles. The molecule has 6 nitrogen and oxygen atoms in total. The van der Waals surface area contributed by atoms with E-state index in [1.807, 2.05) is 54.6 Å². The van der Waals surface area contributed by atoms with Gasteiger partial charge >= 0.3 is 12.1 Å². The Morgan fingerprint density at radius 1 is 0.912 bits per heavy atom. The van der Waals surface area contributed by atoms with E-state index in [0.29, 0.717) is 0 Å². The van der Waals surface area contributed by atoms with E-state index >= 15 is 0 Å². The molecule has 1 atom stereocenters. The highest BCUT2D eigenvalue weighted by Crippen LogP contribution is 2.44. The van der Waals surface area contributed by atoms with Crippen molar-refractivity contribution in [3.63, 3.8) is 0 Å². The maximum Gasteiger partial charge on any atom is 0.407 e. The quantitative estimate of drug-likeness (QED) is 0.265. The summed E-state index contributed by atoms with van der Waals surface area (Å²) in [5.41, 5.74) is 5.45. The van der Waals surface area contributed by atoms with Gasteiger partial charge in [-0.25, -0.2) is 9.79 Å². The van der Waals surface area contributed by atoms with E-state index in [0.717, 1.165) is 27.8 Å². The van der Waals surface area contributed by atoms with Crippen LogP contribution in [0.4, 0.5) is 4.79 Å². The van der Waals surface area contributed by atoms with E-state index < -0.39 is 18.1 Å². The van der Waals surface area contributed by atoms with Crippen molar-refractivity contribution in [1.29, 1.82) is 0 Å². The summed E-state index contributed by atoms with van der Waals surface area (Å²) in [5.74, 6) is -0.501. The smallest absolute Gasteiger partial charge is 0.407 e. The van der Waals surface area contributed by atoms with Gasteiger partial charge in [0, 0.05) is 5.92 Å². The second-order valence-electron chi connectivity index (χ2n) is 7.95. The number of rotatable bonds is 9. The maximum atomic E-state index is 12.6. The van der Waals surface area contributed by atoms with Crippen LogP contribution in [0.2, 0.25) is 0 Å². The van der Waals surface area contributed by atoms with Crippen molar-refractivity contribution in [2.24, 2.45) is 4.99 Å². The van der Waals surface area contributed by atoms with Crippen LogP contribution in [0.1, 0.15) is 29.0 Å². The van der Waals surface area contributed by atoms with Crippen LogP contribution in [0.15, 0.2) is 83.9 Å². The number of fused-ring (bicyclic) bond motifs is 3. The van der Waals surface area contributed by atoms with E-state index in [4.69, 9.17) is 9.47 Å². The highest BCUT2D eigenvalue weighted by molar-refractivity contribution is 7.78. The Labute approximate surface area is 203 Å². The van der Waals surface area contributed by atoms with Gasteiger partial charge < -0.3 is 14.8 Å². The summed E-state index contributed by atoms with van der Waals surface area (Å²) >= 11 is 4.63. The lowest BCUT2D eigenvalue weighted by atomic mass is 9.98. The predicted molar refractivity (Wildman–Crippen MR) is 133 cm³/mol. The fourth-order valence-electron chi connectivity index (χ4n) is 4.11. The third-order valence-electron chi connectivity index (χ3n) is 5.70. The van der Waals surface area contributed by atoms with Crippen LogP contribution < -0.4 is 5.32 Å². The first-order valence-electron chi connectivity index (χ1n) is 11.0. The van der Waals surface area contributed by atoms with Gasteiger partial charge in [0.2, 0.25) is 0 Å². The summed E-state index contributed by atoms with van der Waals surface area (Å²) in [6, 6.07) is 25.0. The van der Waals surface area contributed by atoms with Crippen LogP contribution in [-0.2, 0) is 20.9 Å². The summed E-state index contributed by atoms with van der Waals surface area (Å²) in [7, 11) is 0. The van der Waals surface area contributed by atoms with Gasteiger partial charge in [0.15, 0.2) is 0 Å². The number of isothiocyanates is 1. The Morgan fingerprint density at radius 2 is 1.53 bits per heavy atom. The number of carbonyl (C=O) groups excluding carboxylic acids is 2. The van der Waals surface area contributed by atoms with Crippen molar-refractivity contribution in [3.8, 4) is 11.1 Å². The number of hydrogen-bond donors (Lipinski definition) is 1. The van der Waals surface area contributed by atoms with Crippen molar-refractivity contribution < 1.29 is 19.1 Å². The number of ether oxygens (including phenoxy) is 2. The van der Waals surface area contributed by atoms with Gasteiger partial charge in [-0.2, -0.15) is 0 Å². The Morgan fingerprint density at radius 3 is 2.18 bits per heavy atom. The number of esters is 1. The van der Waals surface area contributed by atoms with Gasteiger partial charge in [-0.05, 0) is 40.0 Å². The van der Waals surface area contributed by atoms with Crippen LogP contribution in [0.25, 0.3) is 11.1 Å². The zero-order valence-corrected chi connectivity index (χ0v) is 19.3. The van der Waals surface area contributed by atoms with Crippen molar-refractivity contribution in [2.75, 3.05) is 13.2 Å². The van der Waals surface area contributed by atoms with Crippen LogP contribution in [0.3, 0.4) is 0 Å². The van der Waals surface area contributed by atoms with Gasteiger partial charge in [-0.3, -0.25) is 4.79 Å². The fraction of sp³-hybridized carbons (Fsp3) is 0.222. The van der Waals surface area contributed by atoms with Crippen molar-refractivity contribution >= 4 is 29.4 Å². The molecular formula is C27H24N2O4S. The molecule has 1 N–H and O–H groups in total. The molecule has 172 valence electrons. The minimum atomic E-state index is -0.623. The number of thiocarbonyl (C=S) groups is 1. The summed E-state index contributed by atoms with van der Waals surface area (Å²) in [5, 5.41) is 4.98. The molecule has 3 aromatic carbocycles. The minimum Gasteiger partial charge on any atom is -0.461 e. The molecule has 1 amide bonds. The average molecular weight is 473 g/mol. The zero-order chi connectivity index (χ0) is 23.8. The van der Waals surface area contributed by atoms with Crippen molar-refractivity contribution in [2.45, 2.75) is 25.0 Å². The number of carbonyl (C=O) groups is 2. The van der Waals surface area contributed by atoms with Crippen molar-refractivity contribution in [1.82, 2.24) is 5.32 Å². The van der Waals surface area contributed by atoms with Gasteiger partial charge in [-0.1, -0.05) is 78.9 Å². The normalized spacial score (nSPS) is 12.6. The van der Waals surface area contributed by atoms with E-state index in [1.54, 1.807) is 0 Å². The molecule has 3 aromatic rings. The standard InChI is InChI=1S/C27H24N2O4S/c30-26(32-16-19-8-2-1-3-9-19)14-20(15-28-18-34)29-27(31)33-17-25-23-12-6-4-10-21(23)22-11-5-7-13-24(22)25/h1-13,20,25H,14-17H2,(H,29,31)/t20-/m0/s1. The first kappa shape index (κ1) is 23.4. The van der Waals surface area contributed by atoms with Gasteiger partial charge in [0.05, 0.1) is 24.2 Å². The molecule has 0 fully saturated rings. The number of hydrogen-bond acceptors (Lipinski definition) is 6. The minimum absolute atomic E-state index is 0.0496. The van der Waals surface area contributed by atoms with E-state index in [9.17, 15) is 9.59 Å². The average Bonchev–Trinajstić information content (AvgIpc) is 3.19. The molecule has 4 rings (SSSR count). The summed E-state index contributed by atoms with van der Waals surface area (Å²) in [6.07, 6.45) is -0.681. The lowest BCUT2D eigenvalue weighted by Crippen LogP contribution is -2.39. The molecule has 0 radical (unpaired) electrons. The van der Waals surface area contributed by atoms with Crippen LogP contribution in [-0.4, -0.2) is 36.4 Å². The molecule has 0 saturated heterocycles. The van der Waals surface area contributed by atoms with E-state index in [-0.39, 0.29) is 32.1 Å². The number of nitrogens with zero attached hydrogens (tertiary/aromatic N) is 1. The molecule has 0 heterocycles. The van der Waals surface area contributed by atoms with Crippen molar-refractivity contribution in [3.05, 3.63) is 95.6 Å². The predicted octanol–water partition coefficient (Wildman–Crippen LogP) is 5.13. The Balaban J connectivity index is 1.34. The third-order valence-corrected chi connectivity index (χ3v) is 5.83. The lowest BCUT2D eigenvalue weighted by molar-refractivity contribution is -0.145. The van der Waals surface area contributed by atoms with Crippen LogP contribution >= 0.6 is 12.2 Å². The molecule has 0 aliphatic heterocycles. The highest BCUT2D eigenvalue weighted by Gasteiger charge is 2.29. The molecule has 0 unspecified atom stereocenters. The van der Waals surface area contributed by atoms with Gasteiger partial charge in [0.1, 0.15) is 13.2 Å². The molecule has 0 bridgehead atoms. The summed E-state index contributed by atoms with van der Waals surface area (Å²) in [4.78, 5) is 28.8. The van der Waals surface area contributed by atoms with Crippen LogP contribution in [0.5, 0.6) is 0 Å². The monoisotopic (exact) mass is 472 g/mol. The summed E-state index contributed by atoms with van der Waals surface area (Å²) < 4.78 is 10.9. The number of benzene rings is 3. The Bertz CT molecular complexity index is 1160. The topological polar surface area (TPSA) is 77.0 Å². The fourth-order valence-corrected chi connectivity index (χ4v) is 4.19. The number of amides is 1. The first-order valence-corrected chi connectivity index (χ1v) is 11.4. The SMILES string of the molecule is O=C(C[C@@H](CN=C=S)NC(=O)OCC1c2ccccc2-c2ccccc21)OCc1ccccc1. The lowest BCUT2D eigenvalue weighted by Gasteiger charge is -2.18. The van der Waals surface area contributed by atoms with E-state index in [1.165, 1.54) is 0 Å². The molecular weight excluding hydrogens is 448 g/mol. The second-order valence-corrected chi connectivity index (χ2v) is 8.13. The number of alkyl carbamates (subject to hydrolysis) is 1. The molecule has 0 saturated carbocycles. The Hall–Kier alpha value is -3.80. The third kappa shape index (κ3) is 5.76. The van der Waals surface area contributed by atoms with E-state index in [2.05, 4.69) is 52.0 Å². The molecule has 0 spiro atoms.